The highest BCUT2D eigenvalue weighted by atomic mass is 35.5. The quantitative estimate of drug-likeness (QED) is 0.852. The maximum absolute atomic E-state index is 12.0. The number of amides is 2. The van der Waals surface area contributed by atoms with Gasteiger partial charge in [0.2, 0.25) is 0 Å². The summed E-state index contributed by atoms with van der Waals surface area (Å²) in [4.78, 5) is 14.4. The molecule has 0 saturated carbocycles. The minimum Gasteiger partial charge on any atom is -0.334 e. The maximum Gasteiger partial charge on any atom is 0.319 e. The average Bonchev–Trinajstić information content (AvgIpc) is 3.08. The Bertz CT molecular complexity index is 681. The van der Waals surface area contributed by atoms with Crippen molar-refractivity contribution < 1.29 is 4.79 Å². The molecule has 126 valence electrons. The number of carbonyl (C=O) groups is 1. The maximum atomic E-state index is 12.0. The highest BCUT2D eigenvalue weighted by molar-refractivity contribution is 6.30. The van der Waals surface area contributed by atoms with E-state index in [4.69, 9.17) is 11.6 Å². The van der Waals surface area contributed by atoms with Crippen molar-refractivity contribution in [1.29, 1.82) is 0 Å². The Kier molecular flexibility index (Phi) is 5.72. The van der Waals surface area contributed by atoms with E-state index in [9.17, 15) is 4.79 Å². The predicted octanol–water partition coefficient (Wildman–Crippen LogP) is 4.26. The number of hydrogen-bond acceptors (Lipinski definition) is 2. The van der Waals surface area contributed by atoms with Crippen LogP contribution in [0, 0.1) is 0 Å². The normalized spacial score (nSPS) is 14.5. The zero-order chi connectivity index (χ0) is 16.8. The minimum atomic E-state index is -0.220. The van der Waals surface area contributed by atoms with Crippen LogP contribution in [0.2, 0.25) is 5.02 Å². The van der Waals surface area contributed by atoms with Crippen molar-refractivity contribution in [1.82, 2.24) is 10.2 Å². The van der Waals surface area contributed by atoms with Crippen molar-refractivity contribution in [2.45, 2.75) is 25.9 Å². The first-order chi connectivity index (χ1) is 11.7. The molecule has 24 heavy (non-hydrogen) atoms. The summed E-state index contributed by atoms with van der Waals surface area (Å²) in [7, 11) is 0. The standard InChI is InChI=1S/C19H22ClN3O/c20-17-6-8-18(9-7-17)22-19(24)21-13-15-4-3-5-16(12-15)14-23-10-1-2-11-23/h3-9,12H,1-2,10-11,13-14H2,(H2,21,22,24). The summed E-state index contributed by atoms with van der Waals surface area (Å²) >= 11 is 5.83. The van der Waals surface area contributed by atoms with Gasteiger partial charge in [-0.2, -0.15) is 0 Å². The van der Waals surface area contributed by atoms with Gasteiger partial charge in [-0.25, -0.2) is 4.79 Å². The van der Waals surface area contributed by atoms with Gasteiger partial charge in [-0.1, -0.05) is 35.9 Å². The fourth-order valence-electron chi connectivity index (χ4n) is 2.93. The number of benzene rings is 2. The van der Waals surface area contributed by atoms with Crippen LogP contribution in [0.15, 0.2) is 48.5 Å². The third kappa shape index (κ3) is 4.98. The summed E-state index contributed by atoms with van der Waals surface area (Å²) in [5, 5.41) is 6.33. The molecule has 0 aromatic heterocycles. The first kappa shape index (κ1) is 16.8. The van der Waals surface area contributed by atoms with Crippen LogP contribution in [-0.4, -0.2) is 24.0 Å². The Morgan fingerprint density at radius 2 is 1.75 bits per heavy atom. The number of rotatable bonds is 5. The lowest BCUT2D eigenvalue weighted by Gasteiger charge is -2.15. The lowest BCUT2D eigenvalue weighted by molar-refractivity contribution is 0.251. The molecule has 5 heteroatoms. The molecule has 4 nitrogen and oxygen atoms in total. The molecule has 1 heterocycles. The highest BCUT2D eigenvalue weighted by Crippen LogP contribution is 2.15. The van der Waals surface area contributed by atoms with E-state index in [0.29, 0.717) is 11.6 Å². The van der Waals surface area contributed by atoms with Gasteiger partial charge in [0.1, 0.15) is 0 Å². The zero-order valence-electron chi connectivity index (χ0n) is 13.6. The van der Waals surface area contributed by atoms with E-state index in [1.807, 2.05) is 6.07 Å². The van der Waals surface area contributed by atoms with Gasteiger partial charge in [-0.3, -0.25) is 4.90 Å². The molecule has 1 aliphatic rings. The molecule has 0 unspecified atom stereocenters. The van der Waals surface area contributed by atoms with Gasteiger partial charge in [0.25, 0.3) is 0 Å². The van der Waals surface area contributed by atoms with Crippen molar-refractivity contribution in [3.8, 4) is 0 Å². The summed E-state index contributed by atoms with van der Waals surface area (Å²) in [6.45, 7) is 3.87. The molecule has 0 aliphatic carbocycles. The minimum absolute atomic E-state index is 0.220. The van der Waals surface area contributed by atoms with E-state index >= 15 is 0 Å². The fraction of sp³-hybridized carbons (Fsp3) is 0.316. The average molecular weight is 344 g/mol. The third-order valence-corrected chi connectivity index (χ3v) is 4.40. The Balaban J connectivity index is 1.50. The summed E-state index contributed by atoms with van der Waals surface area (Å²) < 4.78 is 0. The number of hydrogen-bond donors (Lipinski definition) is 2. The van der Waals surface area contributed by atoms with Crippen molar-refractivity contribution in [3.05, 3.63) is 64.7 Å². The van der Waals surface area contributed by atoms with Crippen LogP contribution in [0.4, 0.5) is 10.5 Å². The van der Waals surface area contributed by atoms with E-state index in [0.717, 1.165) is 17.8 Å². The smallest absolute Gasteiger partial charge is 0.319 e. The van der Waals surface area contributed by atoms with E-state index in [1.54, 1.807) is 24.3 Å². The molecule has 0 bridgehead atoms. The van der Waals surface area contributed by atoms with Crippen LogP contribution in [-0.2, 0) is 13.1 Å². The molecule has 1 fully saturated rings. The molecule has 1 saturated heterocycles. The summed E-state index contributed by atoms with van der Waals surface area (Å²) in [5.74, 6) is 0. The molecule has 3 rings (SSSR count). The lowest BCUT2D eigenvalue weighted by Crippen LogP contribution is -2.28. The second-order valence-corrected chi connectivity index (χ2v) is 6.55. The number of nitrogens with one attached hydrogen (secondary N) is 2. The predicted molar refractivity (Wildman–Crippen MR) is 98.3 cm³/mol. The van der Waals surface area contributed by atoms with Crippen LogP contribution in [0.1, 0.15) is 24.0 Å². The van der Waals surface area contributed by atoms with E-state index in [2.05, 4.69) is 33.7 Å². The van der Waals surface area contributed by atoms with Gasteiger partial charge < -0.3 is 10.6 Å². The van der Waals surface area contributed by atoms with Crippen LogP contribution in [0.5, 0.6) is 0 Å². The lowest BCUT2D eigenvalue weighted by atomic mass is 10.1. The first-order valence-electron chi connectivity index (χ1n) is 8.30. The molecule has 2 aromatic carbocycles. The largest absolute Gasteiger partial charge is 0.334 e. The SMILES string of the molecule is O=C(NCc1cccc(CN2CCCC2)c1)Nc1ccc(Cl)cc1. The Morgan fingerprint density at radius 1 is 1.04 bits per heavy atom. The van der Waals surface area contributed by atoms with Crippen LogP contribution < -0.4 is 10.6 Å². The number of urea groups is 1. The first-order valence-corrected chi connectivity index (χ1v) is 8.67. The van der Waals surface area contributed by atoms with Crippen molar-refractivity contribution in [3.63, 3.8) is 0 Å². The topological polar surface area (TPSA) is 44.4 Å². The third-order valence-electron chi connectivity index (χ3n) is 4.15. The van der Waals surface area contributed by atoms with Crippen molar-refractivity contribution in [2.75, 3.05) is 18.4 Å². The summed E-state index contributed by atoms with van der Waals surface area (Å²) in [6.07, 6.45) is 2.60. The highest BCUT2D eigenvalue weighted by Gasteiger charge is 2.11. The molecule has 0 atom stereocenters. The molecule has 0 spiro atoms. The number of halogens is 1. The Labute approximate surface area is 147 Å². The molecule has 1 aliphatic heterocycles. The fourth-order valence-corrected chi connectivity index (χ4v) is 3.05. The van der Waals surface area contributed by atoms with Crippen molar-refractivity contribution in [2.24, 2.45) is 0 Å². The monoisotopic (exact) mass is 343 g/mol. The van der Waals surface area contributed by atoms with Gasteiger partial charge in [-0.05, 0) is 61.3 Å². The van der Waals surface area contributed by atoms with E-state index in [1.165, 1.54) is 31.5 Å². The summed E-state index contributed by atoms with van der Waals surface area (Å²) in [5.41, 5.74) is 3.13. The molecular weight excluding hydrogens is 322 g/mol. The number of nitrogens with zero attached hydrogens (tertiary/aromatic N) is 1. The molecule has 2 N–H and O–H groups in total. The van der Waals surface area contributed by atoms with Gasteiger partial charge in [0.15, 0.2) is 0 Å². The molecule has 0 radical (unpaired) electrons. The summed E-state index contributed by atoms with van der Waals surface area (Å²) in [6, 6.07) is 15.2. The Hall–Kier alpha value is -2.04. The van der Waals surface area contributed by atoms with Gasteiger partial charge in [0.05, 0.1) is 0 Å². The molecular formula is C19H22ClN3O. The molecule has 2 aromatic rings. The van der Waals surface area contributed by atoms with Crippen LogP contribution in [0.3, 0.4) is 0 Å². The van der Waals surface area contributed by atoms with E-state index < -0.39 is 0 Å². The van der Waals surface area contributed by atoms with Gasteiger partial charge in [-0.15, -0.1) is 0 Å². The van der Waals surface area contributed by atoms with Crippen molar-refractivity contribution >= 4 is 23.3 Å². The number of anilines is 1. The second-order valence-electron chi connectivity index (χ2n) is 6.12. The van der Waals surface area contributed by atoms with Crippen LogP contribution >= 0.6 is 11.6 Å². The van der Waals surface area contributed by atoms with Gasteiger partial charge in [0, 0.05) is 23.8 Å². The van der Waals surface area contributed by atoms with Gasteiger partial charge >= 0.3 is 6.03 Å². The van der Waals surface area contributed by atoms with E-state index in [-0.39, 0.29) is 6.03 Å². The number of carbonyl (C=O) groups excluding carboxylic acids is 1. The zero-order valence-corrected chi connectivity index (χ0v) is 14.4. The Morgan fingerprint density at radius 3 is 2.50 bits per heavy atom. The number of likely N-dealkylation sites (tertiary alicyclic amines) is 1. The second kappa shape index (κ2) is 8.18. The molecule has 2 amide bonds. The van der Waals surface area contributed by atoms with Crippen LogP contribution in [0.25, 0.3) is 0 Å².